The topological polar surface area (TPSA) is 55.9 Å². The molecule has 2 aromatic rings. The maximum atomic E-state index is 13.2. The Kier molecular flexibility index (Phi) is 7.50. The van der Waals surface area contributed by atoms with Crippen molar-refractivity contribution in [3.63, 3.8) is 0 Å². The minimum absolute atomic E-state index is 0.0115. The van der Waals surface area contributed by atoms with Crippen LogP contribution in [0.5, 0.6) is 0 Å². The number of benzene rings is 2. The second-order valence-corrected chi connectivity index (χ2v) is 9.56. The summed E-state index contributed by atoms with van der Waals surface area (Å²) >= 11 is 1.67. The molecule has 2 aromatic carbocycles. The molecule has 0 bridgehead atoms. The normalized spacial score (nSPS) is 21.0. The third-order valence-electron chi connectivity index (χ3n) is 6.44. The van der Waals surface area contributed by atoms with E-state index in [0.29, 0.717) is 6.54 Å². The van der Waals surface area contributed by atoms with Gasteiger partial charge in [0.05, 0.1) is 12.0 Å². The standard InChI is InChI=1S/C25H32N4O2S/c1-27-12-14-28(15-13-27)18-23(19-6-4-3-5-7-19)26-25(31)20-16-24(30)29(17-20)21-8-10-22(32-2)11-9-21/h3-11,20,23H,12-18H2,1-2H3,(H,26,31). The van der Waals surface area contributed by atoms with Crippen LogP contribution in [0.25, 0.3) is 0 Å². The zero-order valence-electron chi connectivity index (χ0n) is 18.9. The molecule has 0 spiro atoms. The molecule has 0 aromatic heterocycles. The third-order valence-corrected chi connectivity index (χ3v) is 7.18. The van der Waals surface area contributed by atoms with Gasteiger partial charge in [0.2, 0.25) is 11.8 Å². The molecule has 2 aliphatic heterocycles. The fraction of sp³-hybridized carbons (Fsp3) is 0.440. The summed E-state index contributed by atoms with van der Waals surface area (Å²) in [4.78, 5) is 33.5. The molecule has 2 unspecified atom stereocenters. The first-order chi connectivity index (χ1) is 15.5. The molecule has 170 valence electrons. The first-order valence-electron chi connectivity index (χ1n) is 11.2. The van der Waals surface area contributed by atoms with Gasteiger partial charge in [-0.3, -0.25) is 14.5 Å². The van der Waals surface area contributed by atoms with Crippen LogP contribution in [0.4, 0.5) is 5.69 Å². The molecule has 4 rings (SSSR count). The predicted octanol–water partition coefficient (Wildman–Crippen LogP) is 2.87. The Balaban J connectivity index is 1.42. The van der Waals surface area contributed by atoms with Gasteiger partial charge in [-0.1, -0.05) is 30.3 Å². The molecule has 2 saturated heterocycles. The highest BCUT2D eigenvalue weighted by Crippen LogP contribution is 2.28. The largest absolute Gasteiger partial charge is 0.348 e. The average Bonchev–Trinajstić information content (AvgIpc) is 3.22. The van der Waals surface area contributed by atoms with Crippen LogP contribution in [0.3, 0.4) is 0 Å². The average molecular weight is 453 g/mol. The van der Waals surface area contributed by atoms with Crippen LogP contribution in [0.15, 0.2) is 59.5 Å². The molecule has 2 fully saturated rings. The van der Waals surface area contributed by atoms with Gasteiger partial charge in [0.25, 0.3) is 0 Å². The van der Waals surface area contributed by atoms with Crippen molar-refractivity contribution in [1.82, 2.24) is 15.1 Å². The van der Waals surface area contributed by atoms with Gasteiger partial charge in [0.1, 0.15) is 0 Å². The van der Waals surface area contributed by atoms with Gasteiger partial charge in [-0.05, 0) is 43.1 Å². The Morgan fingerprint density at radius 1 is 1.06 bits per heavy atom. The number of hydrogen-bond acceptors (Lipinski definition) is 5. The summed E-state index contributed by atoms with van der Waals surface area (Å²) in [7, 11) is 2.14. The van der Waals surface area contributed by atoms with Crippen molar-refractivity contribution < 1.29 is 9.59 Å². The third kappa shape index (κ3) is 5.52. The lowest BCUT2D eigenvalue weighted by molar-refractivity contribution is -0.127. The summed E-state index contributed by atoms with van der Waals surface area (Å²) in [6.07, 6.45) is 2.29. The number of carbonyl (C=O) groups excluding carboxylic acids is 2. The van der Waals surface area contributed by atoms with Crippen molar-refractivity contribution in [2.24, 2.45) is 5.92 Å². The van der Waals surface area contributed by atoms with Crippen molar-refractivity contribution in [1.29, 1.82) is 0 Å². The number of carbonyl (C=O) groups is 2. The number of amides is 2. The number of rotatable bonds is 7. The van der Waals surface area contributed by atoms with Crippen LogP contribution < -0.4 is 10.2 Å². The van der Waals surface area contributed by atoms with Crippen LogP contribution in [0, 0.1) is 5.92 Å². The van der Waals surface area contributed by atoms with Crippen molar-refractivity contribution >= 4 is 29.3 Å². The molecular weight excluding hydrogens is 420 g/mol. The van der Waals surface area contributed by atoms with Gasteiger partial charge in [-0.15, -0.1) is 11.8 Å². The van der Waals surface area contributed by atoms with E-state index in [9.17, 15) is 9.59 Å². The smallest absolute Gasteiger partial charge is 0.227 e. The fourth-order valence-electron chi connectivity index (χ4n) is 4.39. The molecule has 2 amide bonds. The summed E-state index contributed by atoms with van der Waals surface area (Å²) in [6, 6.07) is 18.0. The van der Waals surface area contributed by atoms with Gasteiger partial charge in [-0.25, -0.2) is 0 Å². The lowest BCUT2D eigenvalue weighted by Gasteiger charge is -2.35. The number of nitrogens with zero attached hydrogens (tertiary/aromatic N) is 3. The van der Waals surface area contributed by atoms with Gasteiger partial charge in [0.15, 0.2) is 0 Å². The van der Waals surface area contributed by atoms with Crippen LogP contribution in [-0.2, 0) is 9.59 Å². The zero-order valence-corrected chi connectivity index (χ0v) is 19.7. The van der Waals surface area contributed by atoms with E-state index in [-0.39, 0.29) is 30.2 Å². The second-order valence-electron chi connectivity index (χ2n) is 8.68. The summed E-state index contributed by atoms with van der Waals surface area (Å²) < 4.78 is 0. The van der Waals surface area contributed by atoms with Gasteiger partial charge < -0.3 is 15.1 Å². The van der Waals surface area contributed by atoms with Gasteiger partial charge in [-0.2, -0.15) is 0 Å². The molecule has 2 atom stereocenters. The Labute approximate surface area is 194 Å². The van der Waals surface area contributed by atoms with E-state index in [0.717, 1.165) is 48.9 Å². The Morgan fingerprint density at radius 2 is 1.75 bits per heavy atom. The molecule has 0 radical (unpaired) electrons. The number of anilines is 1. The molecule has 7 heteroatoms. The van der Waals surface area contributed by atoms with E-state index in [4.69, 9.17) is 0 Å². The van der Waals surface area contributed by atoms with Crippen LogP contribution in [-0.4, -0.2) is 74.2 Å². The second kappa shape index (κ2) is 10.5. The van der Waals surface area contributed by atoms with Crippen molar-refractivity contribution in [2.75, 3.05) is 57.5 Å². The van der Waals surface area contributed by atoms with Crippen LogP contribution in [0.2, 0.25) is 0 Å². The van der Waals surface area contributed by atoms with Crippen molar-refractivity contribution in [3.05, 3.63) is 60.2 Å². The highest BCUT2D eigenvalue weighted by molar-refractivity contribution is 7.98. The molecule has 6 nitrogen and oxygen atoms in total. The van der Waals surface area contributed by atoms with E-state index in [1.807, 2.05) is 48.7 Å². The first-order valence-corrected chi connectivity index (χ1v) is 12.5. The van der Waals surface area contributed by atoms with Crippen LogP contribution in [0.1, 0.15) is 18.0 Å². The quantitative estimate of drug-likeness (QED) is 0.655. The molecule has 2 aliphatic rings. The summed E-state index contributed by atoms with van der Waals surface area (Å²) in [5.41, 5.74) is 1.97. The maximum Gasteiger partial charge on any atom is 0.227 e. The number of likely N-dealkylation sites (N-methyl/N-ethyl adjacent to an activating group) is 1. The molecule has 2 heterocycles. The predicted molar refractivity (Wildman–Crippen MR) is 130 cm³/mol. The Hall–Kier alpha value is -2.35. The highest BCUT2D eigenvalue weighted by Gasteiger charge is 2.36. The molecule has 0 saturated carbocycles. The zero-order chi connectivity index (χ0) is 22.5. The van der Waals surface area contributed by atoms with Gasteiger partial charge in [0, 0.05) is 56.3 Å². The van der Waals surface area contributed by atoms with E-state index in [2.05, 4.69) is 34.3 Å². The van der Waals surface area contributed by atoms with Crippen LogP contribution >= 0.6 is 11.8 Å². The summed E-state index contributed by atoms with van der Waals surface area (Å²) in [6.45, 7) is 5.28. The molecule has 0 aliphatic carbocycles. The number of piperazine rings is 1. The number of nitrogens with one attached hydrogen (secondary N) is 1. The monoisotopic (exact) mass is 452 g/mol. The molecule has 1 N–H and O–H groups in total. The maximum absolute atomic E-state index is 13.2. The molecular formula is C25H32N4O2S. The summed E-state index contributed by atoms with van der Waals surface area (Å²) in [5, 5.41) is 3.27. The minimum atomic E-state index is -0.332. The van der Waals surface area contributed by atoms with E-state index in [1.54, 1.807) is 16.7 Å². The van der Waals surface area contributed by atoms with Crippen molar-refractivity contribution in [2.45, 2.75) is 17.4 Å². The highest BCUT2D eigenvalue weighted by atomic mass is 32.2. The number of thioether (sulfide) groups is 1. The first kappa shape index (κ1) is 22.8. The molecule has 32 heavy (non-hydrogen) atoms. The lowest BCUT2D eigenvalue weighted by Crippen LogP contribution is -2.48. The van der Waals surface area contributed by atoms with Gasteiger partial charge >= 0.3 is 0 Å². The van der Waals surface area contributed by atoms with Crippen molar-refractivity contribution in [3.8, 4) is 0 Å². The Morgan fingerprint density at radius 3 is 2.41 bits per heavy atom. The summed E-state index contributed by atoms with van der Waals surface area (Å²) in [5.74, 6) is -0.358. The number of hydrogen-bond donors (Lipinski definition) is 1. The Bertz CT molecular complexity index is 913. The van der Waals surface area contributed by atoms with E-state index >= 15 is 0 Å². The minimum Gasteiger partial charge on any atom is -0.348 e. The fourth-order valence-corrected chi connectivity index (χ4v) is 4.80. The van der Waals surface area contributed by atoms with E-state index in [1.165, 1.54) is 0 Å². The lowest BCUT2D eigenvalue weighted by atomic mass is 10.0. The van der Waals surface area contributed by atoms with E-state index < -0.39 is 0 Å². The SMILES string of the molecule is CSc1ccc(N2CC(C(=O)NC(CN3CCN(C)CC3)c3ccccc3)CC2=O)cc1.